The summed E-state index contributed by atoms with van der Waals surface area (Å²) in [5.41, 5.74) is 0. The first kappa shape index (κ1) is 16.8. The van der Waals surface area contributed by atoms with Crippen molar-refractivity contribution in [3.63, 3.8) is 0 Å². The van der Waals surface area contributed by atoms with Gasteiger partial charge < -0.3 is 14.8 Å². The molecule has 0 spiro atoms. The summed E-state index contributed by atoms with van der Waals surface area (Å²) < 4.78 is 36.4. The molecule has 1 fully saturated rings. The van der Waals surface area contributed by atoms with Crippen molar-refractivity contribution in [1.82, 2.24) is 10.2 Å². The van der Waals surface area contributed by atoms with Crippen molar-refractivity contribution in [2.24, 2.45) is 0 Å². The topological polar surface area (TPSA) is 77.1 Å². The van der Waals surface area contributed by atoms with Crippen LogP contribution in [0.5, 0.6) is 0 Å². The third kappa shape index (κ3) is 10.2. The van der Waals surface area contributed by atoms with Crippen LogP contribution in [0.25, 0.3) is 0 Å². The molecule has 1 N–H and O–H groups in total. The molecule has 0 radical (unpaired) electrons. The Morgan fingerprint density at radius 3 is 2.21 bits per heavy atom. The van der Waals surface area contributed by atoms with Crippen LogP contribution in [0.2, 0.25) is 0 Å². The molecule has 7 nitrogen and oxygen atoms in total. The Morgan fingerprint density at radius 2 is 1.58 bits per heavy atom. The molecule has 0 aromatic heterocycles. The van der Waals surface area contributed by atoms with Crippen molar-refractivity contribution >= 4 is 10.1 Å². The van der Waals surface area contributed by atoms with Gasteiger partial charge in [-0.3, -0.25) is 9.08 Å². The number of ether oxygens (including phenoxy) is 2. The number of hydrogen-bond acceptors (Lipinski definition) is 7. The molecule has 0 unspecified atom stereocenters. The Kier molecular flexibility index (Phi) is 8.51. The Bertz CT molecular complexity index is 317. The molecule has 1 aliphatic heterocycles. The molecule has 114 valence electrons. The maximum atomic E-state index is 10.6. The molecule has 0 bridgehead atoms. The van der Waals surface area contributed by atoms with E-state index in [1.807, 2.05) is 0 Å². The van der Waals surface area contributed by atoms with Crippen molar-refractivity contribution in [3.8, 4) is 0 Å². The van der Waals surface area contributed by atoms with Crippen molar-refractivity contribution < 1.29 is 22.1 Å². The third-order valence-electron chi connectivity index (χ3n) is 2.66. The predicted molar refractivity (Wildman–Crippen MR) is 71.7 cm³/mol. The number of nitrogens with one attached hydrogen (secondary N) is 1. The van der Waals surface area contributed by atoms with E-state index in [-0.39, 0.29) is 13.2 Å². The van der Waals surface area contributed by atoms with Crippen molar-refractivity contribution in [3.05, 3.63) is 0 Å². The van der Waals surface area contributed by atoms with Crippen LogP contribution in [-0.2, 0) is 23.8 Å². The van der Waals surface area contributed by atoms with Gasteiger partial charge in [0.2, 0.25) is 0 Å². The lowest BCUT2D eigenvalue weighted by atomic mass is 10.4. The van der Waals surface area contributed by atoms with E-state index in [2.05, 4.69) is 14.4 Å². The van der Waals surface area contributed by atoms with Crippen molar-refractivity contribution in [2.45, 2.75) is 0 Å². The quantitative estimate of drug-likeness (QED) is 0.405. The van der Waals surface area contributed by atoms with Crippen LogP contribution < -0.4 is 5.32 Å². The monoisotopic (exact) mass is 296 g/mol. The molecule has 1 aliphatic rings. The van der Waals surface area contributed by atoms with Gasteiger partial charge in [0.25, 0.3) is 10.1 Å². The van der Waals surface area contributed by atoms with Crippen LogP contribution >= 0.6 is 0 Å². The second kappa shape index (κ2) is 9.62. The van der Waals surface area contributed by atoms with E-state index in [4.69, 9.17) is 9.47 Å². The SMILES string of the molecule is CS(=O)(=O)OCCOCCOCCN1CCNCC1. The summed E-state index contributed by atoms with van der Waals surface area (Å²) in [5, 5.41) is 3.30. The minimum Gasteiger partial charge on any atom is -0.378 e. The summed E-state index contributed by atoms with van der Waals surface area (Å²) in [7, 11) is -3.36. The lowest BCUT2D eigenvalue weighted by molar-refractivity contribution is 0.0290. The summed E-state index contributed by atoms with van der Waals surface area (Å²) in [6.45, 7) is 7.16. The largest absolute Gasteiger partial charge is 0.378 e. The second-order valence-electron chi connectivity index (χ2n) is 4.34. The number of piperazine rings is 1. The number of rotatable bonds is 10. The summed E-state index contributed by atoms with van der Waals surface area (Å²) in [6, 6.07) is 0. The molecule has 19 heavy (non-hydrogen) atoms. The molecule has 0 aromatic carbocycles. The third-order valence-corrected chi connectivity index (χ3v) is 3.25. The van der Waals surface area contributed by atoms with Crippen molar-refractivity contribution in [2.75, 3.05) is 72.0 Å². The second-order valence-corrected chi connectivity index (χ2v) is 5.99. The van der Waals surface area contributed by atoms with Gasteiger partial charge in [0.15, 0.2) is 0 Å². The van der Waals surface area contributed by atoms with Gasteiger partial charge in [-0.15, -0.1) is 0 Å². The van der Waals surface area contributed by atoms with Gasteiger partial charge in [-0.25, -0.2) is 0 Å². The molecular weight excluding hydrogens is 272 g/mol. The number of hydrogen-bond donors (Lipinski definition) is 1. The van der Waals surface area contributed by atoms with E-state index in [9.17, 15) is 8.42 Å². The van der Waals surface area contributed by atoms with Crippen LogP contribution in [0.15, 0.2) is 0 Å². The maximum absolute atomic E-state index is 10.6. The Morgan fingerprint density at radius 1 is 1.00 bits per heavy atom. The molecule has 0 aliphatic carbocycles. The van der Waals surface area contributed by atoms with Crippen LogP contribution in [-0.4, -0.2) is 85.3 Å². The zero-order valence-corrected chi connectivity index (χ0v) is 12.3. The van der Waals surface area contributed by atoms with Gasteiger partial charge in [-0.2, -0.15) is 8.42 Å². The molecule has 0 saturated carbocycles. The number of nitrogens with zero attached hydrogens (tertiary/aromatic N) is 1. The van der Waals surface area contributed by atoms with Crippen LogP contribution in [0.1, 0.15) is 0 Å². The van der Waals surface area contributed by atoms with Crippen LogP contribution in [0, 0.1) is 0 Å². The smallest absolute Gasteiger partial charge is 0.264 e. The van der Waals surface area contributed by atoms with E-state index in [1.165, 1.54) is 0 Å². The highest BCUT2D eigenvalue weighted by molar-refractivity contribution is 7.85. The molecule has 0 atom stereocenters. The van der Waals surface area contributed by atoms with Crippen LogP contribution in [0.3, 0.4) is 0 Å². The molecule has 1 heterocycles. The lowest BCUT2D eigenvalue weighted by Gasteiger charge is -2.26. The molecule has 1 rings (SSSR count). The lowest BCUT2D eigenvalue weighted by Crippen LogP contribution is -2.44. The zero-order chi connectivity index (χ0) is 14.0. The van der Waals surface area contributed by atoms with E-state index in [1.54, 1.807) is 0 Å². The summed E-state index contributed by atoms with van der Waals surface area (Å²) in [5.74, 6) is 0. The van der Waals surface area contributed by atoms with E-state index < -0.39 is 10.1 Å². The van der Waals surface area contributed by atoms with Gasteiger partial charge in [0, 0.05) is 32.7 Å². The molecule has 0 amide bonds. The van der Waals surface area contributed by atoms with Crippen LogP contribution in [0.4, 0.5) is 0 Å². The molecular formula is C11H24N2O5S. The Hall–Kier alpha value is -0.250. The Balaban J connectivity index is 1.81. The van der Waals surface area contributed by atoms with E-state index in [0.29, 0.717) is 19.8 Å². The highest BCUT2D eigenvalue weighted by Crippen LogP contribution is 1.92. The van der Waals surface area contributed by atoms with Gasteiger partial charge in [0.05, 0.1) is 39.3 Å². The average Bonchev–Trinajstić information content (AvgIpc) is 2.37. The summed E-state index contributed by atoms with van der Waals surface area (Å²) in [4.78, 5) is 2.36. The zero-order valence-electron chi connectivity index (χ0n) is 11.5. The summed E-state index contributed by atoms with van der Waals surface area (Å²) >= 11 is 0. The first-order valence-electron chi connectivity index (χ1n) is 6.51. The fourth-order valence-corrected chi connectivity index (χ4v) is 2.07. The minimum atomic E-state index is -3.36. The minimum absolute atomic E-state index is 0.0552. The maximum Gasteiger partial charge on any atom is 0.264 e. The highest BCUT2D eigenvalue weighted by atomic mass is 32.2. The average molecular weight is 296 g/mol. The fraction of sp³-hybridized carbons (Fsp3) is 1.00. The fourth-order valence-electron chi connectivity index (χ4n) is 1.69. The predicted octanol–water partition coefficient (Wildman–Crippen LogP) is -1.10. The standard InChI is InChI=1S/C11H24N2O5S/c1-19(14,15)18-11-10-17-9-8-16-7-6-13-4-2-12-3-5-13/h12H,2-11H2,1H3. The molecule has 1 saturated heterocycles. The van der Waals surface area contributed by atoms with E-state index >= 15 is 0 Å². The Labute approximate surface area is 115 Å². The van der Waals surface area contributed by atoms with Gasteiger partial charge in [0.1, 0.15) is 0 Å². The normalized spacial score (nSPS) is 17.7. The molecule has 8 heteroatoms. The first-order chi connectivity index (χ1) is 9.08. The van der Waals surface area contributed by atoms with Crippen molar-refractivity contribution in [1.29, 1.82) is 0 Å². The summed E-state index contributed by atoms with van der Waals surface area (Å²) in [6.07, 6.45) is 1.02. The first-order valence-corrected chi connectivity index (χ1v) is 8.32. The van der Waals surface area contributed by atoms with E-state index in [0.717, 1.165) is 39.0 Å². The molecule has 0 aromatic rings. The van der Waals surface area contributed by atoms with Gasteiger partial charge >= 0.3 is 0 Å². The highest BCUT2D eigenvalue weighted by Gasteiger charge is 2.08. The van der Waals surface area contributed by atoms with Gasteiger partial charge in [-0.05, 0) is 0 Å². The van der Waals surface area contributed by atoms with Gasteiger partial charge in [-0.1, -0.05) is 0 Å².